The summed E-state index contributed by atoms with van der Waals surface area (Å²) in [6, 6.07) is 0. The van der Waals surface area contributed by atoms with E-state index in [1.54, 1.807) is 11.6 Å². The fourth-order valence-electron chi connectivity index (χ4n) is 4.11. The second-order valence-electron chi connectivity index (χ2n) is 7.46. The van der Waals surface area contributed by atoms with Crippen LogP contribution in [0.5, 0.6) is 0 Å². The van der Waals surface area contributed by atoms with Gasteiger partial charge in [0.25, 0.3) is 0 Å². The molecule has 1 aliphatic heterocycles. The molecule has 27 heavy (non-hydrogen) atoms. The molecule has 3 rings (SSSR count). The number of likely N-dealkylation sites (tertiary alicyclic amines) is 1. The molecule has 1 unspecified atom stereocenters. The number of rotatable bonds is 5. The Bertz CT molecular complexity index is 891. The molecule has 1 atom stereocenters. The lowest BCUT2D eigenvalue weighted by atomic mass is 9.96. The second kappa shape index (κ2) is 7.70. The zero-order chi connectivity index (χ0) is 19.7. The predicted molar refractivity (Wildman–Crippen MR) is 103 cm³/mol. The number of nitrogens with zero attached hydrogens (tertiary/aromatic N) is 6. The van der Waals surface area contributed by atoms with E-state index in [1.807, 2.05) is 37.4 Å². The van der Waals surface area contributed by atoms with E-state index >= 15 is 0 Å². The molecule has 0 N–H and O–H groups in total. The Morgan fingerprint density at radius 3 is 2.56 bits per heavy atom. The van der Waals surface area contributed by atoms with Gasteiger partial charge in [0, 0.05) is 51.8 Å². The van der Waals surface area contributed by atoms with E-state index in [9.17, 15) is 9.59 Å². The number of aryl methyl sites for hydroxylation is 3. The minimum Gasteiger partial charge on any atom is -0.342 e. The monoisotopic (exact) mass is 374 g/mol. The first-order valence-corrected chi connectivity index (χ1v) is 9.74. The van der Waals surface area contributed by atoms with Crippen molar-refractivity contribution in [3.63, 3.8) is 0 Å². The molecule has 2 aromatic heterocycles. The maximum absolute atomic E-state index is 12.8. The lowest BCUT2D eigenvalue weighted by Crippen LogP contribution is -2.40. The van der Waals surface area contributed by atoms with Crippen molar-refractivity contribution in [2.45, 2.75) is 58.9 Å². The zero-order valence-corrected chi connectivity index (χ0v) is 17.0. The summed E-state index contributed by atoms with van der Waals surface area (Å²) in [5.74, 6) is 1.10. The molecule has 0 spiro atoms. The van der Waals surface area contributed by atoms with E-state index in [2.05, 4.69) is 10.2 Å². The Morgan fingerprint density at radius 2 is 1.93 bits per heavy atom. The van der Waals surface area contributed by atoms with E-state index in [0.717, 1.165) is 43.0 Å². The van der Waals surface area contributed by atoms with E-state index < -0.39 is 0 Å². The first kappa shape index (κ1) is 19.4. The number of aromatic nitrogens is 5. The smallest absolute Gasteiger partial charge is 0.342 e. The largest absolute Gasteiger partial charge is 0.345 e. The quantitative estimate of drug-likeness (QED) is 0.790. The summed E-state index contributed by atoms with van der Waals surface area (Å²) in [7, 11) is 3.62. The molecule has 0 bridgehead atoms. The van der Waals surface area contributed by atoms with Crippen LogP contribution in [0, 0.1) is 13.8 Å². The van der Waals surface area contributed by atoms with E-state index in [0.29, 0.717) is 19.5 Å². The summed E-state index contributed by atoms with van der Waals surface area (Å²) in [4.78, 5) is 26.9. The Morgan fingerprint density at radius 1 is 1.19 bits per heavy atom. The summed E-state index contributed by atoms with van der Waals surface area (Å²) in [5.41, 5.74) is 3.21. The van der Waals surface area contributed by atoms with Crippen molar-refractivity contribution in [2.24, 2.45) is 14.1 Å². The van der Waals surface area contributed by atoms with Crippen LogP contribution in [0.1, 0.15) is 54.9 Å². The molecule has 0 saturated carbocycles. The SMILES string of the molecule is CCn1c(C2CCCN(C(=O)CCc3c(C)nn(C)c3C)C2)nn(C)c1=O. The Hall–Kier alpha value is -2.38. The van der Waals surface area contributed by atoms with E-state index in [-0.39, 0.29) is 17.5 Å². The molecule has 1 aliphatic rings. The van der Waals surface area contributed by atoms with Gasteiger partial charge in [0.15, 0.2) is 0 Å². The van der Waals surface area contributed by atoms with Gasteiger partial charge in [-0.05, 0) is 45.6 Å². The van der Waals surface area contributed by atoms with Crippen LogP contribution in [-0.4, -0.2) is 48.0 Å². The van der Waals surface area contributed by atoms with Gasteiger partial charge in [0.2, 0.25) is 5.91 Å². The molecule has 0 aromatic carbocycles. The fourth-order valence-corrected chi connectivity index (χ4v) is 4.11. The van der Waals surface area contributed by atoms with E-state index in [4.69, 9.17) is 0 Å². The van der Waals surface area contributed by atoms with Crippen LogP contribution >= 0.6 is 0 Å². The third-order valence-corrected chi connectivity index (χ3v) is 5.74. The van der Waals surface area contributed by atoms with Gasteiger partial charge in [-0.3, -0.25) is 14.0 Å². The summed E-state index contributed by atoms with van der Waals surface area (Å²) in [6.07, 6.45) is 3.11. The molecule has 0 aliphatic carbocycles. The number of piperidine rings is 1. The van der Waals surface area contributed by atoms with Crippen molar-refractivity contribution >= 4 is 5.91 Å². The number of carbonyl (C=O) groups excluding carboxylic acids is 1. The summed E-state index contributed by atoms with van der Waals surface area (Å²) in [5, 5.41) is 8.87. The molecule has 1 fully saturated rings. The van der Waals surface area contributed by atoms with Gasteiger partial charge in [0.05, 0.1) is 5.69 Å². The maximum atomic E-state index is 12.8. The lowest BCUT2D eigenvalue weighted by molar-refractivity contribution is -0.132. The highest BCUT2D eigenvalue weighted by atomic mass is 16.2. The normalized spacial score (nSPS) is 17.5. The van der Waals surface area contributed by atoms with Gasteiger partial charge >= 0.3 is 5.69 Å². The highest BCUT2D eigenvalue weighted by molar-refractivity contribution is 5.76. The van der Waals surface area contributed by atoms with Crippen molar-refractivity contribution in [3.05, 3.63) is 33.3 Å². The first-order valence-electron chi connectivity index (χ1n) is 9.74. The number of hydrogen-bond donors (Lipinski definition) is 0. The standard InChI is InChI=1S/C19H30N6O2/c1-6-25-18(21-23(5)19(25)27)15-8-7-11-24(12-15)17(26)10-9-16-13(2)20-22(4)14(16)3/h15H,6-12H2,1-5H3. The van der Waals surface area contributed by atoms with Crippen LogP contribution in [0.4, 0.5) is 0 Å². The Kier molecular flexibility index (Phi) is 5.53. The van der Waals surface area contributed by atoms with Crippen LogP contribution in [-0.2, 0) is 31.9 Å². The van der Waals surface area contributed by atoms with Crippen LogP contribution in [0.15, 0.2) is 4.79 Å². The third-order valence-electron chi connectivity index (χ3n) is 5.74. The van der Waals surface area contributed by atoms with Crippen molar-refractivity contribution in [3.8, 4) is 0 Å². The van der Waals surface area contributed by atoms with E-state index in [1.165, 1.54) is 10.2 Å². The minimum atomic E-state index is -0.0847. The molecular formula is C19H30N6O2. The molecule has 8 nitrogen and oxygen atoms in total. The van der Waals surface area contributed by atoms with Gasteiger partial charge in [-0.25, -0.2) is 9.48 Å². The van der Waals surface area contributed by atoms with Crippen molar-refractivity contribution in [2.75, 3.05) is 13.1 Å². The van der Waals surface area contributed by atoms with Crippen LogP contribution in [0.3, 0.4) is 0 Å². The Labute approximate surface area is 159 Å². The lowest BCUT2D eigenvalue weighted by Gasteiger charge is -2.32. The van der Waals surface area contributed by atoms with Crippen molar-refractivity contribution in [1.82, 2.24) is 29.0 Å². The molecular weight excluding hydrogens is 344 g/mol. The Balaban J connectivity index is 1.68. The van der Waals surface area contributed by atoms with Crippen molar-refractivity contribution < 1.29 is 4.79 Å². The minimum absolute atomic E-state index is 0.0847. The topological polar surface area (TPSA) is 78.0 Å². The molecule has 148 valence electrons. The average molecular weight is 374 g/mol. The van der Waals surface area contributed by atoms with Crippen LogP contribution in [0.2, 0.25) is 0 Å². The molecule has 1 amide bonds. The highest BCUT2D eigenvalue weighted by Crippen LogP contribution is 2.26. The summed E-state index contributed by atoms with van der Waals surface area (Å²) < 4.78 is 4.99. The molecule has 2 aromatic rings. The molecule has 0 radical (unpaired) electrons. The average Bonchev–Trinajstić information content (AvgIpc) is 3.08. The van der Waals surface area contributed by atoms with Gasteiger partial charge < -0.3 is 4.90 Å². The summed E-state index contributed by atoms with van der Waals surface area (Å²) >= 11 is 0. The number of carbonyl (C=O) groups is 1. The number of hydrogen-bond acceptors (Lipinski definition) is 4. The molecule has 8 heteroatoms. The van der Waals surface area contributed by atoms with Crippen molar-refractivity contribution in [1.29, 1.82) is 0 Å². The summed E-state index contributed by atoms with van der Waals surface area (Å²) in [6.45, 7) is 8.02. The maximum Gasteiger partial charge on any atom is 0.345 e. The first-order chi connectivity index (χ1) is 12.8. The van der Waals surface area contributed by atoms with Gasteiger partial charge in [0.1, 0.15) is 5.82 Å². The number of amides is 1. The van der Waals surface area contributed by atoms with Gasteiger partial charge in [-0.1, -0.05) is 0 Å². The third kappa shape index (κ3) is 3.70. The van der Waals surface area contributed by atoms with Gasteiger partial charge in [-0.2, -0.15) is 10.2 Å². The zero-order valence-electron chi connectivity index (χ0n) is 17.0. The second-order valence-corrected chi connectivity index (χ2v) is 7.46. The fraction of sp³-hybridized carbons (Fsp3) is 0.684. The van der Waals surface area contributed by atoms with Crippen LogP contribution in [0.25, 0.3) is 0 Å². The predicted octanol–water partition coefficient (Wildman–Crippen LogP) is 1.29. The highest BCUT2D eigenvalue weighted by Gasteiger charge is 2.29. The van der Waals surface area contributed by atoms with Gasteiger partial charge in [-0.15, -0.1) is 0 Å². The molecule has 1 saturated heterocycles. The van der Waals surface area contributed by atoms with Crippen LogP contribution < -0.4 is 5.69 Å². The molecule has 3 heterocycles.